The van der Waals surface area contributed by atoms with Crippen LogP contribution in [0.3, 0.4) is 0 Å². The molecule has 3 heterocycles. The zero-order valence-electron chi connectivity index (χ0n) is 15.5. The monoisotopic (exact) mass is 372 g/mol. The largest absolute Gasteiger partial charge is 0.454 e. The Morgan fingerprint density at radius 3 is 2.96 bits per heavy atom. The van der Waals surface area contributed by atoms with Gasteiger partial charge in [-0.15, -0.1) is 5.10 Å². The molecular weight excluding hydrogens is 348 g/mol. The van der Waals surface area contributed by atoms with Crippen molar-refractivity contribution in [1.29, 1.82) is 0 Å². The normalized spacial score (nSPS) is 16.2. The number of aryl methyl sites for hydroxylation is 1. The van der Waals surface area contributed by atoms with E-state index < -0.39 is 0 Å². The number of methoxy groups -OCH3 is 1. The molecular formula is C19H24N4O4. The second-order valence-electron chi connectivity index (χ2n) is 6.77. The molecule has 2 aliphatic rings. The van der Waals surface area contributed by atoms with Gasteiger partial charge in [0.25, 0.3) is 0 Å². The highest BCUT2D eigenvalue weighted by atomic mass is 16.7. The van der Waals surface area contributed by atoms with Gasteiger partial charge in [-0.1, -0.05) is 0 Å². The number of carbonyl (C=O) groups is 1. The SMILES string of the molecule is COCc1nc(CCCN2CCCCC2=O)n(-c2ccc3c(c2)OCO3)n1. The summed E-state index contributed by atoms with van der Waals surface area (Å²) < 4.78 is 17.9. The van der Waals surface area contributed by atoms with E-state index in [1.807, 2.05) is 27.8 Å². The molecule has 144 valence electrons. The number of hydrogen-bond acceptors (Lipinski definition) is 6. The van der Waals surface area contributed by atoms with Crippen molar-refractivity contribution >= 4 is 5.91 Å². The molecule has 0 spiro atoms. The highest BCUT2D eigenvalue weighted by molar-refractivity contribution is 5.76. The van der Waals surface area contributed by atoms with E-state index in [-0.39, 0.29) is 12.7 Å². The van der Waals surface area contributed by atoms with Crippen LogP contribution in [-0.2, 0) is 22.6 Å². The van der Waals surface area contributed by atoms with E-state index in [1.165, 1.54) is 0 Å². The number of likely N-dealkylation sites (tertiary alicyclic amines) is 1. The standard InChI is InChI=1S/C19H24N4O4/c1-25-12-17-20-18(5-4-10-22-9-3-2-6-19(22)24)23(21-17)14-7-8-15-16(11-14)27-13-26-15/h7-8,11H,2-6,9-10,12-13H2,1H3. The van der Waals surface area contributed by atoms with Crippen molar-refractivity contribution in [3.8, 4) is 17.2 Å². The van der Waals surface area contributed by atoms with Crippen LogP contribution >= 0.6 is 0 Å². The minimum Gasteiger partial charge on any atom is -0.454 e. The summed E-state index contributed by atoms with van der Waals surface area (Å²) in [5.74, 6) is 3.20. The molecule has 1 fully saturated rings. The molecule has 0 radical (unpaired) electrons. The predicted octanol–water partition coefficient (Wildman–Crippen LogP) is 2.09. The topological polar surface area (TPSA) is 78.7 Å². The van der Waals surface area contributed by atoms with Crippen LogP contribution in [0.15, 0.2) is 18.2 Å². The Labute approximate surface area is 158 Å². The maximum atomic E-state index is 12.0. The lowest BCUT2D eigenvalue weighted by Gasteiger charge is -2.26. The van der Waals surface area contributed by atoms with Gasteiger partial charge in [-0.25, -0.2) is 9.67 Å². The molecule has 8 heteroatoms. The number of piperidine rings is 1. The van der Waals surface area contributed by atoms with Crippen molar-refractivity contribution in [2.75, 3.05) is 27.0 Å². The third-order valence-electron chi connectivity index (χ3n) is 4.84. The Bertz CT molecular complexity index is 820. The lowest BCUT2D eigenvalue weighted by molar-refractivity contribution is -0.133. The first-order valence-corrected chi connectivity index (χ1v) is 9.36. The third-order valence-corrected chi connectivity index (χ3v) is 4.84. The molecule has 0 saturated carbocycles. The van der Waals surface area contributed by atoms with E-state index in [9.17, 15) is 4.79 Å². The highest BCUT2D eigenvalue weighted by Crippen LogP contribution is 2.33. The number of fused-ring (bicyclic) bond motifs is 1. The van der Waals surface area contributed by atoms with Gasteiger partial charge in [0.1, 0.15) is 12.4 Å². The van der Waals surface area contributed by atoms with E-state index in [2.05, 4.69) is 10.1 Å². The summed E-state index contributed by atoms with van der Waals surface area (Å²) >= 11 is 0. The number of amides is 1. The lowest BCUT2D eigenvalue weighted by atomic mass is 10.1. The molecule has 27 heavy (non-hydrogen) atoms. The second kappa shape index (κ2) is 7.96. The molecule has 4 rings (SSSR count). The first-order valence-electron chi connectivity index (χ1n) is 9.36. The van der Waals surface area contributed by atoms with E-state index in [1.54, 1.807) is 7.11 Å². The molecule has 0 atom stereocenters. The van der Waals surface area contributed by atoms with Gasteiger partial charge in [0.05, 0.1) is 5.69 Å². The molecule has 0 N–H and O–H groups in total. The fourth-order valence-corrected chi connectivity index (χ4v) is 3.49. The zero-order valence-corrected chi connectivity index (χ0v) is 15.5. The Balaban J connectivity index is 1.50. The van der Waals surface area contributed by atoms with E-state index >= 15 is 0 Å². The summed E-state index contributed by atoms with van der Waals surface area (Å²) in [6.45, 7) is 2.21. The molecule has 0 bridgehead atoms. The number of ether oxygens (including phenoxy) is 3. The van der Waals surface area contributed by atoms with Crippen LogP contribution in [0.4, 0.5) is 0 Å². The van der Waals surface area contributed by atoms with Gasteiger partial charge in [-0.3, -0.25) is 4.79 Å². The molecule has 1 aromatic carbocycles. The Hall–Kier alpha value is -2.61. The molecule has 2 aromatic rings. The number of rotatable bonds is 7. The van der Waals surface area contributed by atoms with Crippen LogP contribution in [0, 0.1) is 0 Å². The number of nitrogens with zero attached hydrogens (tertiary/aromatic N) is 4. The fourth-order valence-electron chi connectivity index (χ4n) is 3.49. The van der Waals surface area contributed by atoms with Crippen LogP contribution in [0.1, 0.15) is 37.3 Å². The molecule has 1 saturated heterocycles. The van der Waals surface area contributed by atoms with Gasteiger partial charge in [0.15, 0.2) is 17.3 Å². The molecule has 0 aliphatic carbocycles. The molecule has 2 aliphatic heterocycles. The summed E-state index contributed by atoms with van der Waals surface area (Å²) in [4.78, 5) is 18.6. The second-order valence-corrected chi connectivity index (χ2v) is 6.77. The van der Waals surface area contributed by atoms with Crippen LogP contribution in [0.5, 0.6) is 11.5 Å². The number of carbonyl (C=O) groups excluding carboxylic acids is 1. The van der Waals surface area contributed by atoms with Gasteiger partial charge in [0.2, 0.25) is 12.7 Å². The first-order chi connectivity index (χ1) is 13.2. The third kappa shape index (κ3) is 3.90. The molecule has 1 aromatic heterocycles. The van der Waals surface area contributed by atoms with Crippen LogP contribution < -0.4 is 9.47 Å². The maximum Gasteiger partial charge on any atom is 0.231 e. The summed E-state index contributed by atoms with van der Waals surface area (Å²) in [7, 11) is 1.63. The predicted molar refractivity (Wildman–Crippen MR) is 96.9 cm³/mol. The van der Waals surface area contributed by atoms with E-state index in [4.69, 9.17) is 14.2 Å². The Morgan fingerprint density at radius 2 is 2.11 bits per heavy atom. The summed E-state index contributed by atoms with van der Waals surface area (Å²) in [6.07, 6.45) is 4.35. The van der Waals surface area contributed by atoms with E-state index in [0.29, 0.717) is 24.6 Å². The summed E-state index contributed by atoms with van der Waals surface area (Å²) in [5, 5.41) is 4.58. The highest BCUT2D eigenvalue weighted by Gasteiger charge is 2.19. The van der Waals surface area contributed by atoms with Crippen molar-refractivity contribution in [3.63, 3.8) is 0 Å². The quantitative estimate of drug-likeness (QED) is 0.741. The zero-order chi connectivity index (χ0) is 18.6. The van der Waals surface area contributed by atoms with Gasteiger partial charge < -0.3 is 19.1 Å². The summed E-state index contributed by atoms with van der Waals surface area (Å²) in [5.41, 5.74) is 0.873. The average Bonchev–Trinajstić information content (AvgIpc) is 3.30. The van der Waals surface area contributed by atoms with Crippen molar-refractivity contribution in [1.82, 2.24) is 19.7 Å². The van der Waals surface area contributed by atoms with E-state index in [0.717, 1.165) is 56.0 Å². The van der Waals surface area contributed by atoms with Crippen molar-refractivity contribution in [2.24, 2.45) is 0 Å². The first kappa shape index (κ1) is 17.8. The number of aromatic nitrogens is 3. The average molecular weight is 372 g/mol. The minimum atomic E-state index is 0.238. The van der Waals surface area contributed by atoms with Gasteiger partial charge in [-0.2, -0.15) is 0 Å². The molecule has 0 unspecified atom stereocenters. The molecule has 1 amide bonds. The fraction of sp³-hybridized carbons (Fsp3) is 0.526. The Kier molecular flexibility index (Phi) is 5.24. The van der Waals surface area contributed by atoms with Crippen molar-refractivity contribution < 1.29 is 19.0 Å². The summed E-state index contributed by atoms with van der Waals surface area (Å²) in [6, 6.07) is 5.73. The van der Waals surface area contributed by atoms with Crippen LogP contribution in [-0.4, -0.2) is 52.6 Å². The lowest BCUT2D eigenvalue weighted by Crippen LogP contribution is -2.36. The number of benzene rings is 1. The molecule has 8 nitrogen and oxygen atoms in total. The van der Waals surface area contributed by atoms with Crippen molar-refractivity contribution in [2.45, 2.75) is 38.7 Å². The van der Waals surface area contributed by atoms with Gasteiger partial charge >= 0.3 is 0 Å². The van der Waals surface area contributed by atoms with Crippen LogP contribution in [0.2, 0.25) is 0 Å². The van der Waals surface area contributed by atoms with Crippen LogP contribution in [0.25, 0.3) is 5.69 Å². The smallest absolute Gasteiger partial charge is 0.231 e. The maximum absolute atomic E-state index is 12.0. The minimum absolute atomic E-state index is 0.238. The van der Waals surface area contributed by atoms with Crippen molar-refractivity contribution in [3.05, 3.63) is 29.8 Å². The van der Waals surface area contributed by atoms with Gasteiger partial charge in [0, 0.05) is 39.1 Å². The Morgan fingerprint density at radius 1 is 1.22 bits per heavy atom. The number of hydrogen-bond donors (Lipinski definition) is 0. The van der Waals surface area contributed by atoms with Gasteiger partial charge in [-0.05, 0) is 31.4 Å².